The zero-order valence-electron chi connectivity index (χ0n) is 12.4. The summed E-state index contributed by atoms with van der Waals surface area (Å²) in [4.78, 5) is 17.8. The van der Waals surface area contributed by atoms with Gasteiger partial charge < -0.3 is 0 Å². The zero-order chi connectivity index (χ0) is 17.1. The number of carbonyl (C=O) groups is 1. The van der Waals surface area contributed by atoms with Crippen molar-refractivity contribution in [3.63, 3.8) is 0 Å². The molecule has 0 spiro atoms. The molecule has 24 heavy (non-hydrogen) atoms. The summed E-state index contributed by atoms with van der Waals surface area (Å²) in [5.74, 6) is -1.78. The normalized spacial score (nSPS) is 15.8. The third-order valence-corrected chi connectivity index (χ3v) is 4.37. The van der Waals surface area contributed by atoms with Gasteiger partial charge in [0.1, 0.15) is 0 Å². The lowest BCUT2D eigenvalue weighted by molar-refractivity contribution is -0.124. The van der Waals surface area contributed by atoms with Gasteiger partial charge in [0, 0.05) is 6.07 Å². The largest absolute Gasteiger partial charge is 0.286 e. The van der Waals surface area contributed by atoms with E-state index in [4.69, 9.17) is 5.26 Å². The van der Waals surface area contributed by atoms with Gasteiger partial charge >= 0.3 is 0 Å². The van der Waals surface area contributed by atoms with Gasteiger partial charge in [0.2, 0.25) is 5.91 Å². The summed E-state index contributed by atoms with van der Waals surface area (Å²) in [6.07, 6.45) is 0. The quantitative estimate of drug-likeness (QED) is 0.856. The smallest absolute Gasteiger partial charge is 0.239 e. The predicted octanol–water partition coefficient (Wildman–Crippen LogP) is 3.60. The van der Waals surface area contributed by atoms with Crippen LogP contribution in [0.4, 0.5) is 14.5 Å². The molecular formula is C17H11F2N3OS. The van der Waals surface area contributed by atoms with Gasteiger partial charge in [0.15, 0.2) is 16.8 Å². The molecule has 1 amide bonds. The van der Waals surface area contributed by atoms with E-state index in [0.717, 1.165) is 17.7 Å². The van der Waals surface area contributed by atoms with E-state index in [1.54, 1.807) is 24.3 Å². The number of carbonyl (C=O) groups excluding carboxylic acids is 1. The predicted molar refractivity (Wildman–Crippen MR) is 87.6 cm³/mol. The van der Waals surface area contributed by atoms with Crippen molar-refractivity contribution in [3.8, 4) is 6.07 Å². The number of rotatable bonds is 3. The van der Waals surface area contributed by atoms with Crippen LogP contribution in [0.15, 0.2) is 47.5 Å². The lowest BCUT2D eigenvalue weighted by atomic mass is 10.1. The molecule has 0 bridgehead atoms. The zero-order valence-corrected chi connectivity index (χ0v) is 13.2. The molecule has 1 fully saturated rings. The standard InChI is InChI=1S/C17H11F2N3OS/c18-14-6-5-13(7-15(14)19)21-17-22(16(23)10-24-17)9-12-3-1-11(8-20)2-4-12/h1-7H,9-10H2. The Balaban J connectivity index is 1.84. The summed E-state index contributed by atoms with van der Waals surface area (Å²) in [5.41, 5.74) is 1.63. The number of thioether (sulfide) groups is 1. The molecule has 0 atom stereocenters. The molecule has 1 heterocycles. The molecule has 1 saturated heterocycles. The van der Waals surface area contributed by atoms with Crippen LogP contribution in [0.25, 0.3) is 0 Å². The maximum absolute atomic E-state index is 13.3. The third-order valence-electron chi connectivity index (χ3n) is 3.41. The topological polar surface area (TPSA) is 56.5 Å². The molecule has 2 aromatic carbocycles. The number of amides is 1. The highest BCUT2D eigenvalue weighted by atomic mass is 32.2. The average Bonchev–Trinajstić information content (AvgIpc) is 2.92. The van der Waals surface area contributed by atoms with E-state index in [0.29, 0.717) is 17.3 Å². The molecule has 2 aromatic rings. The fourth-order valence-corrected chi connectivity index (χ4v) is 3.07. The molecule has 0 radical (unpaired) electrons. The van der Waals surface area contributed by atoms with Crippen molar-refractivity contribution >= 4 is 28.5 Å². The van der Waals surface area contributed by atoms with Gasteiger partial charge in [-0.2, -0.15) is 5.26 Å². The molecule has 7 heteroatoms. The van der Waals surface area contributed by atoms with Gasteiger partial charge in [-0.05, 0) is 29.8 Å². The Kier molecular flexibility index (Phi) is 4.58. The number of nitrogens with zero attached hydrogens (tertiary/aromatic N) is 3. The summed E-state index contributed by atoms with van der Waals surface area (Å²) >= 11 is 1.25. The molecule has 0 N–H and O–H groups in total. The van der Waals surface area contributed by atoms with Crippen molar-refractivity contribution in [2.75, 3.05) is 5.75 Å². The van der Waals surface area contributed by atoms with Crippen LogP contribution in [-0.2, 0) is 11.3 Å². The summed E-state index contributed by atoms with van der Waals surface area (Å²) in [5, 5.41) is 9.25. The van der Waals surface area contributed by atoms with Crippen molar-refractivity contribution in [1.29, 1.82) is 5.26 Å². The van der Waals surface area contributed by atoms with E-state index in [2.05, 4.69) is 4.99 Å². The molecule has 120 valence electrons. The SMILES string of the molecule is N#Cc1ccc(CN2C(=O)CSC2=Nc2ccc(F)c(F)c2)cc1. The Morgan fingerprint density at radius 1 is 1.17 bits per heavy atom. The number of hydrogen-bond donors (Lipinski definition) is 0. The van der Waals surface area contributed by atoms with E-state index >= 15 is 0 Å². The van der Waals surface area contributed by atoms with E-state index in [-0.39, 0.29) is 17.3 Å². The van der Waals surface area contributed by atoms with Crippen LogP contribution in [-0.4, -0.2) is 21.7 Å². The van der Waals surface area contributed by atoms with Crippen LogP contribution in [0.5, 0.6) is 0 Å². The Bertz CT molecular complexity index is 859. The molecule has 0 saturated carbocycles. The van der Waals surface area contributed by atoms with Crippen LogP contribution in [0.2, 0.25) is 0 Å². The van der Waals surface area contributed by atoms with Gasteiger partial charge in [-0.3, -0.25) is 9.69 Å². The Labute approximate surface area is 141 Å². The highest BCUT2D eigenvalue weighted by Gasteiger charge is 2.28. The number of halogens is 2. The maximum Gasteiger partial charge on any atom is 0.239 e. The fourth-order valence-electron chi connectivity index (χ4n) is 2.17. The van der Waals surface area contributed by atoms with Crippen LogP contribution >= 0.6 is 11.8 Å². The molecular weight excluding hydrogens is 332 g/mol. The van der Waals surface area contributed by atoms with Crippen molar-refractivity contribution in [3.05, 3.63) is 65.2 Å². The van der Waals surface area contributed by atoms with Gasteiger partial charge in [0.25, 0.3) is 0 Å². The first-order valence-corrected chi connectivity index (χ1v) is 8.01. The minimum atomic E-state index is -0.982. The second-order valence-electron chi connectivity index (χ2n) is 5.07. The van der Waals surface area contributed by atoms with E-state index in [1.807, 2.05) is 6.07 Å². The Hall–Kier alpha value is -2.72. The average molecular weight is 343 g/mol. The first kappa shape index (κ1) is 16.1. The molecule has 0 unspecified atom stereocenters. The van der Waals surface area contributed by atoms with Crippen molar-refractivity contribution in [1.82, 2.24) is 4.90 Å². The lowest BCUT2D eigenvalue weighted by Gasteiger charge is -2.16. The number of hydrogen-bond acceptors (Lipinski definition) is 4. The highest BCUT2D eigenvalue weighted by molar-refractivity contribution is 8.15. The minimum Gasteiger partial charge on any atom is -0.286 e. The summed E-state index contributed by atoms with van der Waals surface area (Å²) in [6, 6.07) is 12.3. The van der Waals surface area contributed by atoms with E-state index < -0.39 is 11.6 Å². The number of nitriles is 1. The van der Waals surface area contributed by atoms with Crippen molar-refractivity contribution in [2.45, 2.75) is 6.54 Å². The number of amidine groups is 1. The lowest BCUT2D eigenvalue weighted by Crippen LogP contribution is -2.28. The third kappa shape index (κ3) is 3.44. The first-order chi connectivity index (χ1) is 11.6. The number of benzene rings is 2. The van der Waals surface area contributed by atoms with Crippen LogP contribution in [0.1, 0.15) is 11.1 Å². The molecule has 1 aliphatic heterocycles. The molecule has 1 aliphatic rings. The highest BCUT2D eigenvalue weighted by Crippen LogP contribution is 2.26. The summed E-state index contributed by atoms with van der Waals surface area (Å²) in [7, 11) is 0. The van der Waals surface area contributed by atoms with Crippen molar-refractivity contribution < 1.29 is 13.6 Å². The monoisotopic (exact) mass is 343 g/mol. The maximum atomic E-state index is 13.3. The van der Waals surface area contributed by atoms with Crippen LogP contribution in [0, 0.1) is 23.0 Å². The summed E-state index contributed by atoms with van der Waals surface area (Å²) in [6.45, 7) is 0.306. The molecule has 0 aromatic heterocycles. The van der Waals surface area contributed by atoms with Gasteiger partial charge in [-0.25, -0.2) is 13.8 Å². The van der Waals surface area contributed by atoms with Gasteiger partial charge in [0.05, 0.1) is 29.6 Å². The first-order valence-electron chi connectivity index (χ1n) is 7.03. The molecule has 0 aliphatic carbocycles. The van der Waals surface area contributed by atoms with Gasteiger partial charge in [-0.15, -0.1) is 0 Å². The van der Waals surface area contributed by atoms with E-state index in [9.17, 15) is 13.6 Å². The van der Waals surface area contributed by atoms with E-state index in [1.165, 1.54) is 22.7 Å². The molecule has 3 rings (SSSR count). The Morgan fingerprint density at radius 3 is 2.58 bits per heavy atom. The molecule has 4 nitrogen and oxygen atoms in total. The van der Waals surface area contributed by atoms with Gasteiger partial charge in [-0.1, -0.05) is 23.9 Å². The second kappa shape index (κ2) is 6.81. The minimum absolute atomic E-state index is 0.106. The Morgan fingerprint density at radius 2 is 1.92 bits per heavy atom. The van der Waals surface area contributed by atoms with Crippen LogP contribution < -0.4 is 0 Å². The fraction of sp³-hybridized carbons (Fsp3) is 0.118. The second-order valence-corrected chi connectivity index (χ2v) is 6.01. The summed E-state index contributed by atoms with van der Waals surface area (Å²) < 4.78 is 26.3. The van der Waals surface area contributed by atoms with Crippen LogP contribution in [0.3, 0.4) is 0 Å². The van der Waals surface area contributed by atoms with Crippen molar-refractivity contribution in [2.24, 2.45) is 4.99 Å². The number of aliphatic imine (C=N–C) groups is 1.